The van der Waals surface area contributed by atoms with Gasteiger partial charge < -0.3 is 15.4 Å². The number of ether oxygens (including phenoxy) is 1. The minimum absolute atomic E-state index is 0.00266. The minimum Gasteiger partial charge on any atom is -0.494 e. The van der Waals surface area contributed by atoms with Crippen molar-refractivity contribution in [3.05, 3.63) is 24.3 Å². The highest BCUT2D eigenvalue weighted by molar-refractivity contribution is 5.92. The van der Waals surface area contributed by atoms with Crippen LogP contribution < -0.4 is 15.4 Å². The maximum Gasteiger partial charge on any atom is 0.238 e. The molecule has 0 saturated heterocycles. The summed E-state index contributed by atoms with van der Waals surface area (Å²) in [6.07, 6.45) is 3.59. The van der Waals surface area contributed by atoms with E-state index in [-0.39, 0.29) is 5.91 Å². The van der Waals surface area contributed by atoms with Gasteiger partial charge in [0.1, 0.15) is 5.75 Å². The van der Waals surface area contributed by atoms with Gasteiger partial charge in [-0.2, -0.15) is 0 Å². The second-order valence-electron chi connectivity index (χ2n) is 5.00. The highest BCUT2D eigenvalue weighted by Crippen LogP contribution is 2.27. The number of amides is 1. The summed E-state index contributed by atoms with van der Waals surface area (Å²) in [5, 5.41) is 6.03. The average molecular weight is 262 g/mol. The van der Waals surface area contributed by atoms with Crippen LogP contribution >= 0.6 is 0 Å². The third-order valence-corrected chi connectivity index (χ3v) is 3.03. The smallest absolute Gasteiger partial charge is 0.238 e. The van der Waals surface area contributed by atoms with Crippen molar-refractivity contribution in [1.82, 2.24) is 5.32 Å². The summed E-state index contributed by atoms with van der Waals surface area (Å²) in [6, 6.07) is 7.49. The second kappa shape index (κ2) is 7.14. The second-order valence-corrected chi connectivity index (χ2v) is 5.00. The Kier molecular flexibility index (Phi) is 5.21. The molecule has 2 rings (SSSR count). The van der Waals surface area contributed by atoms with Crippen LogP contribution in [0.2, 0.25) is 0 Å². The van der Waals surface area contributed by atoms with Gasteiger partial charge in [-0.25, -0.2) is 0 Å². The van der Waals surface area contributed by atoms with Crippen molar-refractivity contribution in [2.75, 3.05) is 25.0 Å². The molecule has 0 aromatic heterocycles. The standard InChI is InChI=1S/C15H22N2O2/c1-2-9-19-14-7-5-13(6-8-14)17-15(18)11-16-10-12-3-4-12/h5-8,12,16H,2-4,9-11H2,1H3,(H,17,18). The monoisotopic (exact) mass is 262 g/mol. The van der Waals surface area contributed by atoms with Crippen molar-refractivity contribution >= 4 is 11.6 Å². The van der Waals surface area contributed by atoms with E-state index >= 15 is 0 Å². The molecular weight excluding hydrogens is 240 g/mol. The van der Waals surface area contributed by atoms with Crippen molar-refractivity contribution in [1.29, 1.82) is 0 Å². The first-order chi connectivity index (χ1) is 9.28. The van der Waals surface area contributed by atoms with Crippen LogP contribution in [0.15, 0.2) is 24.3 Å². The van der Waals surface area contributed by atoms with Crippen LogP contribution in [-0.4, -0.2) is 25.6 Å². The Labute approximate surface area is 114 Å². The predicted octanol–water partition coefficient (Wildman–Crippen LogP) is 2.41. The van der Waals surface area contributed by atoms with Crippen molar-refractivity contribution in [2.24, 2.45) is 5.92 Å². The van der Waals surface area contributed by atoms with Crippen LogP contribution in [0.4, 0.5) is 5.69 Å². The summed E-state index contributed by atoms with van der Waals surface area (Å²) in [6.45, 7) is 4.13. The molecule has 1 aliphatic carbocycles. The molecule has 0 spiro atoms. The Balaban J connectivity index is 1.69. The van der Waals surface area contributed by atoms with Crippen LogP contribution in [0.3, 0.4) is 0 Å². The molecule has 0 unspecified atom stereocenters. The van der Waals surface area contributed by atoms with Crippen molar-refractivity contribution < 1.29 is 9.53 Å². The largest absolute Gasteiger partial charge is 0.494 e. The molecule has 4 nitrogen and oxygen atoms in total. The molecule has 1 saturated carbocycles. The van der Waals surface area contributed by atoms with Gasteiger partial charge in [-0.15, -0.1) is 0 Å². The normalized spacial score (nSPS) is 14.2. The van der Waals surface area contributed by atoms with E-state index in [4.69, 9.17) is 4.74 Å². The zero-order chi connectivity index (χ0) is 13.5. The van der Waals surface area contributed by atoms with Crippen LogP contribution in [0.5, 0.6) is 5.75 Å². The topological polar surface area (TPSA) is 50.4 Å². The highest BCUT2D eigenvalue weighted by atomic mass is 16.5. The van der Waals surface area contributed by atoms with E-state index in [1.54, 1.807) is 0 Å². The Morgan fingerprint density at radius 3 is 2.68 bits per heavy atom. The number of rotatable bonds is 8. The zero-order valence-electron chi connectivity index (χ0n) is 11.4. The van der Waals surface area contributed by atoms with Gasteiger partial charge in [0.15, 0.2) is 0 Å². The highest BCUT2D eigenvalue weighted by Gasteiger charge is 2.20. The van der Waals surface area contributed by atoms with E-state index in [0.29, 0.717) is 6.54 Å². The number of anilines is 1. The molecule has 0 radical (unpaired) electrons. The van der Waals surface area contributed by atoms with Gasteiger partial charge >= 0.3 is 0 Å². The predicted molar refractivity (Wildman–Crippen MR) is 76.5 cm³/mol. The Morgan fingerprint density at radius 1 is 1.32 bits per heavy atom. The molecule has 1 aromatic carbocycles. The fraction of sp³-hybridized carbons (Fsp3) is 0.533. The van der Waals surface area contributed by atoms with E-state index < -0.39 is 0 Å². The lowest BCUT2D eigenvalue weighted by Gasteiger charge is -2.08. The Bertz CT molecular complexity index is 399. The van der Waals surface area contributed by atoms with Gasteiger partial charge in [0.25, 0.3) is 0 Å². The van der Waals surface area contributed by atoms with Gasteiger partial charge in [-0.3, -0.25) is 4.79 Å². The van der Waals surface area contributed by atoms with E-state index in [1.165, 1.54) is 12.8 Å². The van der Waals surface area contributed by atoms with Gasteiger partial charge in [0, 0.05) is 5.69 Å². The molecule has 0 atom stereocenters. The molecule has 19 heavy (non-hydrogen) atoms. The molecule has 1 fully saturated rings. The molecule has 1 amide bonds. The number of carbonyl (C=O) groups is 1. The molecule has 104 valence electrons. The number of benzene rings is 1. The number of carbonyl (C=O) groups excluding carboxylic acids is 1. The average Bonchev–Trinajstić information content (AvgIpc) is 3.22. The Hall–Kier alpha value is -1.55. The third kappa shape index (κ3) is 5.30. The quantitative estimate of drug-likeness (QED) is 0.756. The number of hydrogen-bond acceptors (Lipinski definition) is 3. The molecule has 0 bridgehead atoms. The molecular formula is C15H22N2O2. The summed E-state index contributed by atoms with van der Waals surface area (Å²) >= 11 is 0. The molecule has 0 aliphatic heterocycles. The van der Waals surface area contributed by atoms with Crippen molar-refractivity contribution in [2.45, 2.75) is 26.2 Å². The van der Waals surface area contributed by atoms with Crippen molar-refractivity contribution in [3.63, 3.8) is 0 Å². The summed E-state index contributed by atoms with van der Waals surface area (Å²) < 4.78 is 5.49. The summed E-state index contributed by atoms with van der Waals surface area (Å²) in [4.78, 5) is 11.7. The maximum atomic E-state index is 11.7. The lowest BCUT2D eigenvalue weighted by atomic mass is 10.3. The van der Waals surface area contributed by atoms with Gasteiger partial charge in [0.05, 0.1) is 13.2 Å². The van der Waals surface area contributed by atoms with Gasteiger partial charge in [-0.05, 0) is 56.0 Å². The van der Waals surface area contributed by atoms with Crippen LogP contribution in [0, 0.1) is 5.92 Å². The summed E-state index contributed by atoms with van der Waals surface area (Å²) in [5.41, 5.74) is 0.807. The van der Waals surface area contributed by atoms with E-state index in [2.05, 4.69) is 17.6 Å². The van der Waals surface area contributed by atoms with Crippen LogP contribution in [0.1, 0.15) is 26.2 Å². The Morgan fingerprint density at radius 2 is 2.05 bits per heavy atom. The summed E-state index contributed by atoms with van der Waals surface area (Å²) in [5.74, 6) is 1.64. The summed E-state index contributed by atoms with van der Waals surface area (Å²) in [7, 11) is 0. The first kappa shape index (κ1) is 13.9. The maximum absolute atomic E-state index is 11.7. The first-order valence-corrected chi connectivity index (χ1v) is 7.01. The lowest BCUT2D eigenvalue weighted by molar-refractivity contribution is -0.115. The zero-order valence-corrected chi connectivity index (χ0v) is 11.4. The molecule has 4 heteroatoms. The third-order valence-electron chi connectivity index (χ3n) is 3.03. The van der Waals surface area contributed by atoms with Gasteiger partial charge in [0.2, 0.25) is 5.91 Å². The van der Waals surface area contributed by atoms with Crippen molar-refractivity contribution in [3.8, 4) is 5.75 Å². The van der Waals surface area contributed by atoms with E-state index in [0.717, 1.165) is 36.9 Å². The fourth-order valence-corrected chi connectivity index (χ4v) is 1.77. The van der Waals surface area contributed by atoms with E-state index in [1.807, 2.05) is 24.3 Å². The first-order valence-electron chi connectivity index (χ1n) is 7.01. The van der Waals surface area contributed by atoms with Crippen LogP contribution in [0.25, 0.3) is 0 Å². The fourth-order valence-electron chi connectivity index (χ4n) is 1.77. The van der Waals surface area contributed by atoms with Gasteiger partial charge in [-0.1, -0.05) is 6.92 Å². The molecule has 0 heterocycles. The number of nitrogens with one attached hydrogen (secondary N) is 2. The number of hydrogen-bond donors (Lipinski definition) is 2. The molecule has 1 aliphatic rings. The minimum atomic E-state index is 0.00266. The van der Waals surface area contributed by atoms with E-state index in [9.17, 15) is 4.79 Å². The molecule has 2 N–H and O–H groups in total. The lowest BCUT2D eigenvalue weighted by Crippen LogP contribution is -2.29. The molecule has 1 aromatic rings. The SMILES string of the molecule is CCCOc1ccc(NC(=O)CNCC2CC2)cc1. The van der Waals surface area contributed by atoms with Crippen LogP contribution in [-0.2, 0) is 4.79 Å².